The molecule has 5 nitrogen and oxygen atoms in total. The highest BCUT2D eigenvalue weighted by Gasteiger charge is 2.34. The summed E-state index contributed by atoms with van der Waals surface area (Å²) >= 11 is 12.2. The number of H-pyrrole nitrogens is 1. The fourth-order valence-corrected chi connectivity index (χ4v) is 3.40. The number of fused-ring (bicyclic) bond motifs is 1. The highest BCUT2D eigenvalue weighted by molar-refractivity contribution is 6.44. The summed E-state index contributed by atoms with van der Waals surface area (Å²) in [5.41, 5.74) is 0.580. The minimum atomic E-state index is -0.609. The number of rotatable bonds is 1. The molecule has 1 atom stereocenters. The third-order valence-corrected chi connectivity index (χ3v) is 4.89. The normalized spacial score (nSPS) is 18.8. The highest BCUT2D eigenvalue weighted by Crippen LogP contribution is 2.35. The lowest BCUT2D eigenvalue weighted by atomic mass is 10.1. The number of piperazine rings is 1. The van der Waals surface area contributed by atoms with E-state index in [1.807, 2.05) is 0 Å². The summed E-state index contributed by atoms with van der Waals surface area (Å²) in [6, 6.07) is 2.09. The molecule has 1 aromatic heterocycles. The number of hydrogen-bond acceptors (Lipinski definition) is 2. The lowest BCUT2D eigenvalue weighted by molar-refractivity contribution is -0.137. The average Bonchev–Trinajstić information content (AvgIpc) is 2.86. The first-order chi connectivity index (χ1) is 10.8. The van der Waals surface area contributed by atoms with Crippen LogP contribution >= 0.6 is 23.2 Å². The second kappa shape index (κ2) is 5.69. The van der Waals surface area contributed by atoms with E-state index < -0.39 is 17.8 Å². The van der Waals surface area contributed by atoms with Crippen LogP contribution in [0.15, 0.2) is 12.1 Å². The molecule has 1 saturated heterocycles. The predicted molar refractivity (Wildman–Crippen MR) is 86.4 cm³/mol. The third kappa shape index (κ3) is 2.46. The maximum atomic E-state index is 13.6. The maximum absolute atomic E-state index is 13.6. The van der Waals surface area contributed by atoms with Crippen LogP contribution in [0.4, 0.5) is 4.39 Å². The Morgan fingerprint density at radius 2 is 2.00 bits per heavy atom. The van der Waals surface area contributed by atoms with Crippen molar-refractivity contribution in [2.75, 3.05) is 20.1 Å². The summed E-state index contributed by atoms with van der Waals surface area (Å²) in [5.74, 6) is -1.15. The number of amides is 2. The Balaban J connectivity index is 2.03. The van der Waals surface area contributed by atoms with Crippen molar-refractivity contribution in [1.82, 2.24) is 14.8 Å². The van der Waals surface area contributed by atoms with Gasteiger partial charge in [-0.25, -0.2) is 4.39 Å². The number of halogens is 3. The van der Waals surface area contributed by atoms with Crippen molar-refractivity contribution in [2.45, 2.75) is 13.0 Å². The van der Waals surface area contributed by atoms with E-state index in [0.29, 0.717) is 18.6 Å². The van der Waals surface area contributed by atoms with Gasteiger partial charge in [0.2, 0.25) is 5.91 Å². The van der Waals surface area contributed by atoms with Gasteiger partial charge in [0, 0.05) is 31.0 Å². The molecule has 2 amide bonds. The van der Waals surface area contributed by atoms with Crippen LogP contribution in [0, 0.1) is 5.82 Å². The Labute approximate surface area is 141 Å². The fraction of sp³-hybridized carbons (Fsp3) is 0.333. The van der Waals surface area contributed by atoms with Gasteiger partial charge in [0.25, 0.3) is 5.91 Å². The molecule has 0 radical (unpaired) electrons. The Bertz CT molecular complexity index is 821. The molecule has 0 saturated carbocycles. The summed E-state index contributed by atoms with van der Waals surface area (Å²) in [5, 5.41) is 0.197. The smallest absolute Gasteiger partial charge is 0.272 e. The Kier molecular flexibility index (Phi) is 3.98. The van der Waals surface area contributed by atoms with Crippen LogP contribution in [-0.2, 0) is 4.79 Å². The van der Waals surface area contributed by atoms with Crippen molar-refractivity contribution < 1.29 is 14.0 Å². The molecule has 1 aliphatic heterocycles. The Morgan fingerprint density at radius 3 is 2.70 bits per heavy atom. The van der Waals surface area contributed by atoms with Crippen molar-refractivity contribution in [3.63, 3.8) is 0 Å². The monoisotopic (exact) mass is 357 g/mol. The van der Waals surface area contributed by atoms with Gasteiger partial charge in [-0.2, -0.15) is 0 Å². The van der Waals surface area contributed by atoms with E-state index in [9.17, 15) is 14.0 Å². The van der Waals surface area contributed by atoms with E-state index in [1.54, 1.807) is 18.9 Å². The molecule has 2 aromatic rings. The lowest BCUT2D eigenvalue weighted by Gasteiger charge is -2.37. The van der Waals surface area contributed by atoms with Crippen LogP contribution < -0.4 is 0 Å². The summed E-state index contributed by atoms with van der Waals surface area (Å²) in [6.07, 6.45) is 0. The van der Waals surface area contributed by atoms with E-state index in [1.165, 1.54) is 17.0 Å². The van der Waals surface area contributed by atoms with Crippen LogP contribution in [0.25, 0.3) is 10.9 Å². The fourth-order valence-electron chi connectivity index (χ4n) is 2.77. The van der Waals surface area contributed by atoms with Gasteiger partial charge in [0.15, 0.2) is 0 Å². The van der Waals surface area contributed by atoms with Crippen molar-refractivity contribution in [2.24, 2.45) is 0 Å². The predicted octanol–water partition coefficient (Wildman–Crippen LogP) is 2.92. The van der Waals surface area contributed by atoms with Gasteiger partial charge in [-0.05, 0) is 19.1 Å². The average molecular weight is 358 g/mol. The summed E-state index contributed by atoms with van der Waals surface area (Å²) < 4.78 is 13.6. The molecule has 0 unspecified atom stereocenters. The third-order valence-electron chi connectivity index (χ3n) is 4.15. The van der Waals surface area contributed by atoms with Crippen LogP contribution in [0.3, 0.4) is 0 Å². The van der Waals surface area contributed by atoms with E-state index in [0.717, 1.165) is 0 Å². The molecule has 23 heavy (non-hydrogen) atoms. The zero-order valence-corrected chi connectivity index (χ0v) is 14.0. The summed E-state index contributed by atoms with van der Waals surface area (Å²) in [7, 11) is 1.69. The number of aromatic amines is 1. The molecule has 0 spiro atoms. The Hall–Kier alpha value is -1.79. The first-order valence-corrected chi connectivity index (χ1v) is 7.79. The minimum absolute atomic E-state index is 0.0630. The van der Waals surface area contributed by atoms with Gasteiger partial charge in [0.1, 0.15) is 17.6 Å². The van der Waals surface area contributed by atoms with Crippen LogP contribution in [0.5, 0.6) is 0 Å². The molecule has 1 N–H and O–H groups in total. The van der Waals surface area contributed by atoms with Crippen molar-refractivity contribution >= 4 is 45.9 Å². The molecule has 2 heterocycles. The van der Waals surface area contributed by atoms with Crippen LogP contribution in [0.1, 0.15) is 17.4 Å². The first-order valence-electron chi connectivity index (χ1n) is 7.04. The molecule has 3 rings (SSSR count). The van der Waals surface area contributed by atoms with Crippen LogP contribution in [-0.4, -0.2) is 52.8 Å². The number of aromatic nitrogens is 1. The van der Waals surface area contributed by atoms with Crippen LogP contribution in [0.2, 0.25) is 10.0 Å². The lowest BCUT2D eigenvalue weighted by Crippen LogP contribution is -2.56. The number of nitrogens with one attached hydrogen (secondary N) is 1. The van der Waals surface area contributed by atoms with Gasteiger partial charge in [-0.1, -0.05) is 23.2 Å². The maximum Gasteiger partial charge on any atom is 0.272 e. The van der Waals surface area contributed by atoms with E-state index in [-0.39, 0.29) is 27.0 Å². The molecule has 1 aliphatic rings. The number of hydrogen-bond donors (Lipinski definition) is 1. The van der Waals surface area contributed by atoms with E-state index in [2.05, 4.69) is 4.98 Å². The molecule has 0 bridgehead atoms. The van der Waals surface area contributed by atoms with Crippen molar-refractivity contribution in [3.8, 4) is 0 Å². The molecule has 8 heteroatoms. The number of likely N-dealkylation sites (N-methyl/N-ethyl adjacent to an activating group) is 1. The number of nitrogens with zero attached hydrogens (tertiary/aromatic N) is 2. The quantitative estimate of drug-likeness (QED) is 0.852. The molecular formula is C15H14Cl2FN3O2. The Morgan fingerprint density at radius 1 is 1.30 bits per heavy atom. The summed E-state index contributed by atoms with van der Waals surface area (Å²) in [6.45, 7) is 2.51. The first kappa shape index (κ1) is 16.1. The van der Waals surface area contributed by atoms with Gasteiger partial charge in [0.05, 0.1) is 10.0 Å². The van der Waals surface area contributed by atoms with Gasteiger partial charge in [-0.3, -0.25) is 9.59 Å². The second-order valence-electron chi connectivity index (χ2n) is 5.53. The molecule has 122 valence electrons. The zero-order valence-electron chi connectivity index (χ0n) is 12.5. The molecule has 0 aliphatic carbocycles. The van der Waals surface area contributed by atoms with Crippen molar-refractivity contribution in [3.05, 3.63) is 33.7 Å². The second-order valence-corrected chi connectivity index (χ2v) is 6.29. The summed E-state index contributed by atoms with van der Waals surface area (Å²) in [4.78, 5) is 30.7. The van der Waals surface area contributed by atoms with E-state index >= 15 is 0 Å². The van der Waals surface area contributed by atoms with Gasteiger partial charge in [-0.15, -0.1) is 0 Å². The topological polar surface area (TPSA) is 56.4 Å². The highest BCUT2D eigenvalue weighted by atomic mass is 35.5. The van der Waals surface area contributed by atoms with Crippen molar-refractivity contribution in [1.29, 1.82) is 0 Å². The number of carbonyl (C=O) groups excluding carboxylic acids is 2. The SMILES string of the molecule is C[C@H]1C(=O)N(C)CCN1C(=O)c1[nH]c2ccc(F)c(Cl)c2c1Cl. The standard InChI is InChI=1S/C15H14Cl2FN3O2/c1-7-14(22)20(2)5-6-21(7)15(23)13-12(17)10-9(19-13)4-3-8(18)11(10)16/h3-4,7,19H,5-6H2,1-2H3/t7-/m0/s1. The van der Waals surface area contributed by atoms with Gasteiger partial charge >= 0.3 is 0 Å². The molecule has 1 fully saturated rings. The van der Waals surface area contributed by atoms with Gasteiger partial charge < -0.3 is 14.8 Å². The zero-order chi connectivity index (χ0) is 16.9. The molecule has 1 aromatic carbocycles. The molecular weight excluding hydrogens is 344 g/mol. The minimum Gasteiger partial charge on any atom is -0.349 e. The largest absolute Gasteiger partial charge is 0.349 e. The number of carbonyl (C=O) groups is 2. The van der Waals surface area contributed by atoms with E-state index in [4.69, 9.17) is 23.2 Å². The number of benzene rings is 1.